The van der Waals surface area contributed by atoms with Gasteiger partial charge >= 0.3 is 0 Å². The van der Waals surface area contributed by atoms with Gasteiger partial charge in [0.1, 0.15) is 28.7 Å². The van der Waals surface area contributed by atoms with E-state index in [4.69, 9.17) is 5.73 Å². The fraction of sp³-hybridized carbons (Fsp3) is 0.200. The largest absolute Gasteiger partial charge is 0.396 e. The van der Waals surface area contributed by atoms with E-state index in [0.717, 1.165) is 6.07 Å². The SMILES string of the molecule is Cn1cnnc1CNS(=O)(=O)c1cc(N)c(F)cc1F. The van der Waals surface area contributed by atoms with Gasteiger partial charge in [0.25, 0.3) is 0 Å². The summed E-state index contributed by atoms with van der Waals surface area (Å²) in [5.74, 6) is -1.90. The first kappa shape index (κ1) is 14.3. The molecule has 0 aliphatic heterocycles. The van der Waals surface area contributed by atoms with Crippen molar-refractivity contribution in [3.63, 3.8) is 0 Å². The van der Waals surface area contributed by atoms with Crippen LogP contribution in [0, 0.1) is 11.6 Å². The third kappa shape index (κ3) is 2.75. The summed E-state index contributed by atoms with van der Waals surface area (Å²) in [5.41, 5.74) is 4.79. The second-order valence-electron chi connectivity index (χ2n) is 3.99. The van der Waals surface area contributed by atoms with Crippen molar-refractivity contribution in [1.29, 1.82) is 0 Å². The molecule has 0 radical (unpaired) electrons. The number of nitrogen functional groups attached to an aromatic ring is 1. The molecule has 1 aromatic heterocycles. The maximum atomic E-state index is 13.5. The number of anilines is 1. The van der Waals surface area contributed by atoms with Gasteiger partial charge in [-0.05, 0) is 6.07 Å². The van der Waals surface area contributed by atoms with Crippen LogP contribution in [-0.4, -0.2) is 23.2 Å². The zero-order valence-electron chi connectivity index (χ0n) is 10.3. The Morgan fingerprint density at radius 2 is 2.05 bits per heavy atom. The summed E-state index contributed by atoms with van der Waals surface area (Å²) in [4.78, 5) is -0.724. The van der Waals surface area contributed by atoms with E-state index in [1.165, 1.54) is 10.9 Å². The van der Waals surface area contributed by atoms with Crippen LogP contribution in [0.15, 0.2) is 23.4 Å². The van der Waals surface area contributed by atoms with Gasteiger partial charge in [-0.3, -0.25) is 0 Å². The summed E-state index contributed by atoms with van der Waals surface area (Å²) in [6.45, 7) is -0.185. The van der Waals surface area contributed by atoms with Gasteiger partial charge < -0.3 is 10.3 Å². The number of nitrogens with two attached hydrogens (primary N) is 1. The number of hydrogen-bond donors (Lipinski definition) is 2. The smallest absolute Gasteiger partial charge is 0.243 e. The highest BCUT2D eigenvalue weighted by molar-refractivity contribution is 7.89. The lowest BCUT2D eigenvalue weighted by molar-refractivity contribution is 0.543. The predicted molar refractivity (Wildman–Crippen MR) is 65.8 cm³/mol. The highest BCUT2D eigenvalue weighted by Crippen LogP contribution is 2.20. The third-order valence-electron chi connectivity index (χ3n) is 2.57. The minimum Gasteiger partial charge on any atom is -0.396 e. The molecule has 20 heavy (non-hydrogen) atoms. The Morgan fingerprint density at radius 3 is 2.65 bits per heavy atom. The summed E-state index contributed by atoms with van der Waals surface area (Å²) in [7, 11) is -2.55. The number of aromatic nitrogens is 3. The number of nitrogens with one attached hydrogen (secondary N) is 1. The zero-order chi connectivity index (χ0) is 14.9. The monoisotopic (exact) mass is 303 g/mol. The van der Waals surface area contributed by atoms with Crippen LogP contribution in [-0.2, 0) is 23.6 Å². The van der Waals surface area contributed by atoms with Gasteiger partial charge in [-0.1, -0.05) is 0 Å². The van der Waals surface area contributed by atoms with E-state index in [1.807, 2.05) is 0 Å². The average Bonchev–Trinajstić information content (AvgIpc) is 2.77. The topological polar surface area (TPSA) is 103 Å². The van der Waals surface area contributed by atoms with Gasteiger partial charge in [-0.25, -0.2) is 21.9 Å². The van der Waals surface area contributed by atoms with Gasteiger partial charge in [-0.15, -0.1) is 10.2 Å². The maximum Gasteiger partial charge on any atom is 0.243 e. The van der Waals surface area contributed by atoms with E-state index in [2.05, 4.69) is 14.9 Å². The second kappa shape index (κ2) is 5.13. The van der Waals surface area contributed by atoms with Crippen LogP contribution in [0.4, 0.5) is 14.5 Å². The van der Waals surface area contributed by atoms with Crippen molar-refractivity contribution >= 4 is 15.7 Å². The first-order valence-corrected chi connectivity index (χ1v) is 6.86. The van der Waals surface area contributed by atoms with E-state index in [9.17, 15) is 17.2 Å². The molecule has 0 spiro atoms. The summed E-state index contributed by atoms with van der Waals surface area (Å²) in [6, 6.07) is 1.15. The lowest BCUT2D eigenvalue weighted by Gasteiger charge is -2.08. The van der Waals surface area contributed by atoms with Gasteiger partial charge in [0.05, 0.1) is 12.2 Å². The third-order valence-corrected chi connectivity index (χ3v) is 3.98. The molecule has 0 unspecified atom stereocenters. The number of hydrogen-bond acceptors (Lipinski definition) is 5. The Labute approximate surface area is 113 Å². The Morgan fingerprint density at radius 1 is 1.35 bits per heavy atom. The maximum absolute atomic E-state index is 13.5. The number of aryl methyl sites for hydroxylation is 1. The van der Waals surface area contributed by atoms with Crippen LogP contribution in [0.3, 0.4) is 0 Å². The molecule has 0 saturated heterocycles. The van der Waals surface area contributed by atoms with Crippen LogP contribution in [0.1, 0.15) is 5.82 Å². The fourth-order valence-electron chi connectivity index (χ4n) is 1.46. The highest BCUT2D eigenvalue weighted by Gasteiger charge is 2.21. The normalized spacial score (nSPS) is 11.8. The summed E-state index contributed by atoms with van der Waals surface area (Å²) < 4.78 is 54.0. The number of nitrogens with zero attached hydrogens (tertiary/aromatic N) is 3. The van der Waals surface area contributed by atoms with Gasteiger partial charge in [0.2, 0.25) is 10.0 Å². The number of halogens is 2. The molecule has 0 saturated carbocycles. The molecule has 1 aromatic carbocycles. The predicted octanol–water partition coefficient (Wildman–Crippen LogP) is 0.154. The Hall–Kier alpha value is -2.07. The number of rotatable bonds is 4. The van der Waals surface area contributed by atoms with Crippen LogP contribution in [0.5, 0.6) is 0 Å². The van der Waals surface area contributed by atoms with E-state index in [-0.39, 0.29) is 6.54 Å². The first-order chi connectivity index (χ1) is 9.31. The van der Waals surface area contributed by atoms with Crippen molar-refractivity contribution in [2.24, 2.45) is 7.05 Å². The summed E-state index contributed by atoms with van der Waals surface area (Å²) >= 11 is 0. The Balaban J connectivity index is 2.27. The van der Waals surface area contributed by atoms with Crippen LogP contribution in [0.25, 0.3) is 0 Å². The average molecular weight is 303 g/mol. The van der Waals surface area contributed by atoms with Gasteiger partial charge in [-0.2, -0.15) is 0 Å². The van der Waals surface area contributed by atoms with Gasteiger partial charge in [0.15, 0.2) is 0 Å². The van der Waals surface area contributed by atoms with E-state index < -0.39 is 32.2 Å². The van der Waals surface area contributed by atoms with Crippen molar-refractivity contribution < 1.29 is 17.2 Å². The molecule has 2 aromatic rings. The molecule has 3 N–H and O–H groups in total. The lowest BCUT2D eigenvalue weighted by atomic mass is 10.3. The highest BCUT2D eigenvalue weighted by atomic mass is 32.2. The summed E-state index contributed by atoms with van der Waals surface area (Å²) in [5, 5.41) is 7.25. The van der Waals surface area contributed by atoms with Crippen LogP contribution in [0.2, 0.25) is 0 Å². The minimum absolute atomic E-state index is 0.185. The fourth-order valence-corrected chi connectivity index (χ4v) is 2.53. The van der Waals surface area contributed by atoms with Crippen molar-refractivity contribution in [2.45, 2.75) is 11.4 Å². The second-order valence-corrected chi connectivity index (χ2v) is 5.72. The molecule has 0 fully saturated rings. The Bertz CT molecular complexity index is 744. The molecule has 0 atom stereocenters. The van der Waals surface area contributed by atoms with E-state index >= 15 is 0 Å². The van der Waals surface area contributed by atoms with Crippen molar-refractivity contribution in [2.75, 3.05) is 5.73 Å². The lowest BCUT2D eigenvalue weighted by Crippen LogP contribution is -2.26. The van der Waals surface area contributed by atoms with Crippen LogP contribution < -0.4 is 10.5 Å². The molecule has 108 valence electrons. The van der Waals surface area contributed by atoms with Crippen molar-refractivity contribution in [1.82, 2.24) is 19.5 Å². The van der Waals surface area contributed by atoms with Crippen LogP contribution >= 0.6 is 0 Å². The molecular weight excluding hydrogens is 292 g/mol. The molecule has 0 amide bonds. The summed E-state index contributed by atoms with van der Waals surface area (Å²) in [6.07, 6.45) is 1.39. The quantitative estimate of drug-likeness (QED) is 0.783. The molecule has 0 bridgehead atoms. The molecule has 0 aliphatic rings. The standard InChI is InChI=1S/C10H11F2N5O2S/c1-17-5-14-16-10(17)4-15-20(18,19)9-3-8(13)6(11)2-7(9)12/h2-3,5,15H,4,13H2,1H3. The molecule has 7 nitrogen and oxygen atoms in total. The Kier molecular flexibility index (Phi) is 3.68. The zero-order valence-corrected chi connectivity index (χ0v) is 11.2. The molecule has 2 rings (SSSR count). The van der Waals surface area contributed by atoms with E-state index in [1.54, 1.807) is 7.05 Å². The van der Waals surface area contributed by atoms with Gasteiger partial charge in [0, 0.05) is 13.1 Å². The molecule has 1 heterocycles. The molecule has 10 heteroatoms. The van der Waals surface area contributed by atoms with Crippen molar-refractivity contribution in [3.05, 3.63) is 35.9 Å². The minimum atomic E-state index is -4.18. The molecular formula is C10H11F2N5O2S. The number of sulfonamides is 1. The molecule has 0 aliphatic carbocycles. The first-order valence-electron chi connectivity index (χ1n) is 5.38. The van der Waals surface area contributed by atoms with Crippen molar-refractivity contribution in [3.8, 4) is 0 Å². The van der Waals surface area contributed by atoms with E-state index in [0.29, 0.717) is 11.9 Å². The number of benzene rings is 1.